The van der Waals surface area contributed by atoms with Crippen LogP contribution in [0.1, 0.15) is 87.5 Å². The second kappa shape index (κ2) is 23.5. The van der Waals surface area contributed by atoms with Crippen LogP contribution in [0.5, 0.6) is 0 Å². The molecule has 0 aliphatic rings. The van der Waals surface area contributed by atoms with E-state index in [9.17, 15) is 48.6 Å². The SMILES string of the molecule is CSCC[C@H](NC(=O)[C@@H](NC(C)=O)C(C)C)C(=O)N[C@@H](CC(C)C)[C@@H](O)CC(=O)N[C@H](C(=O)N[C@@H](C)C(=O)N[C@@H](CCC(=O)O)C(=O)O)C(C)C. The molecule has 0 rings (SSSR count). The minimum Gasteiger partial charge on any atom is -0.481 e. The number of thioether (sulfide) groups is 1. The van der Waals surface area contributed by atoms with Crippen LogP contribution in [0.25, 0.3) is 0 Å². The highest BCUT2D eigenvalue weighted by Gasteiger charge is 2.33. The zero-order valence-corrected chi connectivity index (χ0v) is 31.8. The predicted molar refractivity (Wildman–Crippen MR) is 190 cm³/mol. The maximum absolute atomic E-state index is 13.5. The standard InChI is InChI=1S/C33H58N6O11S/c1-16(2)14-23(38-30(46)21(12-13-51-9)36-32(48)27(17(3)4)35-20(8)40)24(41)15-25(42)39-28(18(5)6)31(47)34-19(7)29(45)37-22(33(49)50)10-11-26(43)44/h16-19,21-24,27-28,41H,10-15H2,1-9H3,(H,34,47)(H,35,40)(H,36,48)(H,37,45)(H,38,46)(H,39,42)(H,43,44)(H,49,50)/t19-,21-,22-,23-,24-,27-,28-/m0/s1. The highest BCUT2D eigenvalue weighted by atomic mass is 32.2. The molecule has 0 heterocycles. The first-order valence-corrected chi connectivity index (χ1v) is 18.4. The molecule has 0 aliphatic carbocycles. The van der Waals surface area contributed by atoms with E-state index >= 15 is 0 Å². The average molecular weight is 747 g/mol. The molecule has 0 aromatic heterocycles. The molecule has 7 atom stereocenters. The number of hydrogen-bond acceptors (Lipinski definition) is 10. The fourth-order valence-electron chi connectivity index (χ4n) is 4.91. The first-order valence-electron chi connectivity index (χ1n) is 17.0. The predicted octanol–water partition coefficient (Wildman–Crippen LogP) is -0.253. The van der Waals surface area contributed by atoms with Gasteiger partial charge >= 0.3 is 11.9 Å². The second-order valence-electron chi connectivity index (χ2n) is 13.6. The van der Waals surface area contributed by atoms with Gasteiger partial charge in [0.15, 0.2) is 0 Å². The summed E-state index contributed by atoms with van der Waals surface area (Å²) in [4.78, 5) is 99.3. The molecule has 0 aliphatic heterocycles. The number of hydrogen-bond donors (Lipinski definition) is 9. The van der Waals surface area contributed by atoms with Crippen LogP contribution in [0, 0.1) is 17.8 Å². The summed E-state index contributed by atoms with van der Waals surface area (Å²) in [7, 11) is 0. The van der Waals surface area contributed by atoms with E-state index in [4.69, 9.17) is 5.11 Å². The lowest BCUT2D eigenvalue weighted by Crippen LogP contribution is -2.58. The summed E-state index contributed by atoms with van der Waals surface area (Å²) in [5.41, 5.74) is 0. The van der Waals surface area contributed by atoms with Crippen LogP contribution in [0.15, 0.2) is 0 Å². The number of aliphatic hydroxyl groups is 1. The van der Waals surface area contributed by atoms with Crippen molar-refractivity contribution in [3.8, 4) is 0 Å². The van der Waals surface area contributed by atoms with Crippen molar-refractivity contribution >= 4 is 59.1 Å². The van der Waals surface area contributed by atoms with Gasteiger partial charge in [0.2, 0.25) is 35.4 Å². The van der Waals surface area contributed by atoms with E-state index in [1.165, 1.54) is 25.6 Å². The Morgan fingerprint density at radius 2 is 1.18 bits per heavy atom. The summed E-state index contributed by atoms with van der Waals surface area (Å²) < 4.78 is 0. The molecule has 9 N–H and O–H groups in total. The molecule has 0 aromatic rings. The topological polar surface area (TPSA) is 269 Å². The smallest absolute Gasteiger partial charge is 0.326 e. The van der Waals surface area contributed by atoms with Crippen LogP contribution in [-0.2, 0) is 38.4 Å². The highest BCUT2D eigenvalue weighted by molar-refractivity contribution is 7.98. The van der Waals surface area contributed by atoms with Gasteiger partial charge in [-0.25, -0.2) is 4.79 Å². The van der Waals surface area contributed by atoms with E-state index in [2.05, 4.69) is 31.9 Å². The van der Waals surface area contributed by atoms with Crippen molar-refractivity contribution in [3.63, 3.8) is 0 Å². The van der Waals surface area contributed by atoms with E-state index in [1.54, 1.807) is 27.7 Å². The van der Waals surface area contributed by atoms with Gasteiger partial charge < -0.3 is 47.2 Å². The van der Waals surface area contributed by atoms with Crippen molar-refractivity contribution in [1.29, 1.82) is 0 Å². The lowest BCUT2D eigenvalue weighted by atomic mass is 9.96. The van der Waals surface area contributed by atoms with Gasteiger partial charge in [0, 0.05) is 13.3 Å². The number of carboxylic acids is 2. The maximum atomic E-state index is 13.5. The van der Waals surface area contributed by atoms with Crippen LogP contribution in [-0.4, -0.2) is 117 Å². The maximum Gasteiger partial charge on any atom is 0.326 e. The molecule has 6 amide bonds. The quantitative estimate of drug-likeness (QED) is 0.0619. The van der Waals surface area contributed by atoms with Gasteiger partial charge in [-0.15, -0.1) is 0 Å². The van der Waals surface area contributed by atoms with Gasteiger partial charge in [0.1, 0.15) is 30.2 Å². The molecule has 51 heavy (non-hydrogen) atoms. The Morgan fingerprint density at radius 3 is 1.65 bits per heavy atom. The molecular weight excluding hydrogens is 688 g/mol. The molecule has 292 valence electrons. The van der Waals surface area contributed by atoms with Gasteiger partial charge in [-0.1, -0.05) is 41.5 Å². The fraction of sp³-hybridized carbons (Fsp3) is 0.758. The van der Waals surface area contributed by atoms with E-state index in [1.807, 2.05) is 20.1 Å². The zero-order chi connectivity index (χ0) is 39.6. The fourth-order valence-corrected chi connectivity index (χ4v) is 5.38. The molecule has 0 spiro atoms. The monoisotopic (exact) mass is 746 g/mol. The van der Waals surface area contributed by atoms with Crippen LogP contribution in [0.3, 0.4) is 0 Å². The molecule has 17 nitrogen and oxygen atoms in total. The number of carboxylic acid groups (broad SMARTS) is 2. The number of amides is 6. The summed E-state index contributed by atoms with van der Waals surface area (Å²) >= 11 is 1.46. The Balaban J connectivity index is 5.71. The first kappa shape index (κ1) is 47.1. The number of nitrogens with one attached hydrogen (secondary N) is 6. The molecule has 18 heteroatoms. The van der Waals surface area contributed by atoms with Gasteiger partial charge in [0.25, 0.3) is 0 Å². The van der Waals surface area contributed by atoms with E-state index in [0.29, 0.717) is 5.75 Å². The third-order valence-electron chi connectivity index (χ3n) is 7.74. The highest BCUT2D eigenvalue weighted by Crippen LogP contribution is 2.14. The summed E-state index contributed by atoms with van der Waals surface area (Å²) in [5.74, 6) is -6.80. The van der Waals surface area contributed by atoms with E-state index in [0.717, 1.165) is 0 Å². The minimum absolute atomic E-state index is 0.0241. The van der Waals surface area contributed by atoms with Crippen LogP contribution >= 0.6 is 11.8 Å². The molecular formula is C33H58N6O11S. The van der Waals surface area contributed by atoms with Crippen molar-refractivity contribution in [1.82, 2.24) is 31.9 Å². The Labute approximate surface area is 304 Å². The van der Waals surface area contributed by atoms with Gasteiger partial charge in [0.05, 0.1) is 18.6 Å². The Hall–Kier alpha value is -3.93. The molecule has 0 fully saturated rings. The minimum atomic E-state index is -1.49. The summed E-state index contributed by atoms with van der Waals surface area (Å²) in [6.45, 7) is 13.1. The summed E-state index contributed by atoms with van der Waals surface area (Å²) in [6.07, 6.45) is -0.393. The molecule has 0 radical (unpaired) electrons. The summed E-state index contributed by atoms with van der Waals surface area (Å²) in [6, 6.07) is -6.68. The van der Waals surface area contributed by atoms with Crippen LogP contribution < -0.4 is 31.9 Å². The van der Waals surface area contributed by atoms with E-state index in [-0.39, 0.29) is 31.1 Å². The number of aliphatic hydroxyl groups excluding tert-OH is 1. The third kappa shape index (κ3) is 18.8. The van der Waals surface area contributed by atoms with Crippen molar-refractivity contribution in [2.24, 2.45) is 17.8 Å². The summed E-state index contributed by atoms with van der Waals surface area (Å²) in [5, 5.41) is 44.5. The normalized spacial score (nSPS) is 15.4. The molecule has 0 saturated carbocycles. The molecule has 0 saturated heterocycles. The van der Waals surface area contributed by atoms with Crippen molar-refractivity contribution in [2.75, 3.05) is 12.0 Å². The van der Waals surface area contributed by atoms with Crippen LogP contribution in [0.4, 0.5) is 0 Å². The molecule has 0 aromatic carbocycles. The first-order chi connectivity index (χ1) is 23.6. The number of carbonyl (C=O) groups excluding carboxylic acids is 6. The molecule has 0 unspecified atom stereocenters. The largest absolute Gasteiger partial charge is 0.481 e. The Bertz CT molecular complexity index is 1220. The Morgan fingerprint density at radius 1 is 0.647 bits per heavy atom. The zero-order valence-electron chi connectivity index (χ0n) is 31.0. The molecule has 0 bridgehead atoms. The van der Waals surface area contributed by atoms with Crippen molar-refractivity contribution < 1.29 is 53.7 Å². The van der Waals surface area contributed by atoms with Gasteiger partial charge in [-0.2, -0.15) is 11.8 Å². The third-order valence-corrected chi connectivity index (χ3v) is 8.39. The van der Waals surface area contributed by atoms with Crippen molar-refractivity contribution in [3.05, 3.63) is 0 Å². The lowest BCUT2D eigenvalue weighted by molar-refractivity contribution is -0.143. The number of carbonyl (C=O) groups is 8. The van der Waals surface area contributed by atoms with Gasteiger partial charge in [-0.3, -0.25) is 33.6 Å². The van der Waals surface area contributed by atoms with E-state index < -0.39 is 108 Å². The number of rotatable bonds is 24. The number of aliphatic carboxylic acids is 2. The van der Waals surface area contributed by atoms with Gasteiger partial charge in [-0.05, 0) is 55.9 Å². The van der Waals surface area contributed by atoms with Crippen molar-refractivity contribution in [2.45, 2.75) is 130 Å². The average Bonchev–Trinajstić information content (AvgIpc) is 3.00. The second-order valence-corrected chi connectivity index (χ2v) is 14.6. The Kier molecular flexibility index (Phi) is 21.7. The lowest BCUT2D eigenvalue weighted by Gasteiger charge is -2.30. The van der Waals surface area contributed by atoms with Crippen LogP contribution in [0.2, 0.25) is 0 Å².